The zero-order chi connectivity index (χ0) is 11.7. The first-order valence-electron chi connectivity index (χ1n) is 5.45. The fraction of sp³-hybridized carbons (Fsp3) is 0.545. The molecule has 0 atom stereocenters. The molecule has 1 aromatic heterocycles. The van der Waals surface area contributed by atoms with E-state index in [1.807, 2.05) is 30.8 Å². The Labute approximate surface area is 94.0 Å². The molecule has 5 nitrogen and oxygen atoms in total. The topological polar surface area (TPSA) is 55.2 Å². The number of nitrogens with zero attached hydrogens (tertiary/aromatic N) is 3. The second-order valence-corrected chi connectivity index (χ2v) is 4.25. The summed E-state index contributed by atoms with van der Waals surface area (Å²) < 4.78 is 1.82. The third-order valence-corrected chi connectivity index (χ3v) is 2.67. The SMILES string of the molecule is CC(C)n1ccc(CN2C(=O)CCC2=O)n1. The van der Waals surface area contributed by atoms with Gasteiger partial charge in [-0.1, -0.05) is 0 Å². The van der Waals surface area contributed by atoms with E-state index < -0.39 is 0 Å². The molecule has 86 valence electrons. The number of hydrogen-bond acceptors (Lipinski definition) is 3. The Morgan fingerprint density at radius 2 is 1.94 bits per heavy atom. The van der Waals surface area contributed by atoms with Gasteiger partial charge in [0, 0.05) is 25.1 Å². The van der Waals surface area contributed by atoms with Gasteiger partial charge in [-0.25, -0.2) is 0 Å². The Morgan fingerprint density at radius 3 is 2.44 bits per heavy atom. The van der Waals surface area contributed by atoms with Crippen LogP contribution in [0.2, 0.25) is 0 Å². The Kier molecular flexibility index (Phi) is 2.77. The van der Waals surface area contributed by atoms with Crippen LogP contribution in [0.3, 0.4) is 0 Å². The lowest BCUT2D eigenvalue weighted by atomic mass is 10.4. The van der Waals surface area contributed by atoms with Crippen LogP contribution in [-0.2, 0) is 16.1 Å². The molecule has 2 heterocycles. The minimum absolute atomic E-state index is 0.0934. The standard InChI is InChI=1S/C11H15N3O2/c1-8(2)14-6-5-9(12-14)7-13-10(15)3-4-11(13)16/h5-6,8H,3-4,7H2,1-2H3. The Balaban J connectivity index is 2.08. The summed E-state index contributed by atoms with van der Waals surface area (Å²) >= 11 is 0. The molecule has 0 radical (unpaired) electrons. The van der Waals surface area contributed by atoms with Gasteiger partial charge < -0.3 is 0 Å². The Bertz CT molecular complexity index is 407. The lowest BCUT2D eigenvalue weighted by Crippen LogP contribution is -2.28. The van der Waals surface area contributed by atoms with Crippen molar-refractivity contribution >= 4 is 11.8 Å². The predicted molar refractivity (Wildman–Crippen MR) is 57.4 cm³/mol. The molecule has 0 aromatic carbocycles. The summed E-state index contributed by atoms with van der Waals surface area (Å²) in [5, 5.41) is 4.31. The molecule has 1 saturated heterocycles. The molecule has 0 aliphatic carbocycles. The van der Waals surface area contributed by atoms with Crippen LogP contribution in [0.5, 0.6) is 0 Å². The highest BCUT2D eigenvalue weighted by molar-refractivity contribution is 6.01. The van der Waals surface area contributed by atoms with E-state index >= 15 is 0 Å². The van der Waals surface area contributed by atoms with E-state index in [0.29, 0.717) is 25.4 Å². The van der Waals surface area contributed by atoms with Gasteiger partial charge in [0.15, 0.2) is 0 Å². The number of aromatic nitrogens is 2. The van der Waals surface area contributed by atoms with Crippen LogP contribution in [0, 0.1) is 0 Å². The maximum absolute atomic E-state index is 11.4. The highest BCUT2D eigenvalue weighted by atomic mass is 16.2. The lowest BCUT2D eigenvalue weighted by Gasteiger charge is -2.11. The highest BCUT2D eigenvalue weighted by Crippen LogP contribution is 2.15. The van der Waals surface area contributed by atoms with Crippen molar-refractivity contribution in [1.29, 1.82) is 0 Å². The van der Waals surface area contributed by atoms with Gasteiger partial charge in [-0.05, 0) is 19.9 Å². The number of likely N-dealkylation sites (tertiary alicyclic amines) is 1. The molecule has 2 amide bonds. The van der Waals surface area contributed by atoms with Gasteiger partial charge in [-0.15, -0.1) is 0 Å². The number of hydrogen-bond donors (Lipinski definition) is 0. The normalized spacial score (nSPS) is 16.6. The van der Waals surface area contributed by atoms with Crippen molar-refractivity contribution < 1.29 is 9.59 Å². The van der Waals surface area contributed by atoms with Gasteiger partial charge in [-0.3, -0.25) is 19.2 Å². The largest absolute Gasteiger partial charge is 0.276 e. The van der Waals surface area contributed by atoms with Gasteiger partial charge in [0.2, 0.25) is 11.8 Å². The molecule has 16 heavy (non-hydrogen) atoms. The minimum atomic E-state index is -0.0934. The Hall–Kier alpha value is -1.65. The number of rotatable bonds is 3. The van der Waals surface area contributed by atoms with Crippen LogP contribution in [0.4, 0.5) is 0 Å². The number of amides is 2. The summed E-state index contributed by atoms with van der Waals surface area (Å²) in [6.07, 6.45) is 2.54. The van der Waals surface area contributed by atoms with Gasteiger partial charge in [0.05, 0.1) is 12.2 Å². The van der Waals surface area contributed by atoms with Crippen molar-refractivity contribution in [3.05, 3.63) is 18.0 Å². The molecule has 0 saturated carbocycles. The average Bonchev–Trinajstić information content (AvgIpc) is 2.80. The van der Waals surface area contributed by atoms with Crippen LogP contribution >= 0.6 is 0 Å². The molecule has 1 aromatic rings. The second kappa shape index (κ2) is 4.08. The van der Waals surface area contributed by atoms with Crippen molar-refractivity contribution in [2.24, 2.45) is 0 Å². The van der Waals surface area contributed by atoms with E-state index in [1.165, 1.54) is 4.90 Å². The van der Waals surface area contributed by atoms with Crippen molar-refractivity contribution in [2.75, 3.05) is 0 Å². The number of imide groups is 1. The molecule has 1 aliphatic rings. The van der Waals surface area contributed by atoms with Crippen molar-refractivity contribution in [3.8, 4) is 0 Å². The molecule has 0 unspecified atom stereocenters. The number of carbonyl (C=O) groups is 2. The molecule has 1 aliphatic heterocycles. The summed E-state index contributed by atoms with van der Waals surface area (Å²) in [6.45, 7) is 4.36. The molecule has 2 rings (SSSR count). The zero-order valence-electron chi connectivity index (χ0n) is 9.51. The van der Waals surface area contributed by atoms with E-state index in [9.17, 15) is 9.59 Å². The molecule has 0 bridgehead atoms. The average molecular weight is 221 g/mol. The summed E-state index contributed by atoms with van der Waals surface area (Å²) in [7, 11) is 0. The quantitative estimate of drug-likeness (QED) is 0.718. The summed E-state index contributed by atoms with van der Waals surface area (Å²) in [5.41, 5.74) is 0.761. The number of carbonyl (C=O) groups excluding carboxylic acids is 2. The fourth-order valence-corrected chi connectivity index (χ4v) is 1.71. The zero-order valence-corrected chi connectivity index (χ0v) is 9.51. The van der Waals surface area contributed by atoms with Gasteiger partial charge in [-0.2, -0.15) is 5.10 Å². The molecule has 0 spiro atoms. The maximum Gasteiger partial charge on any atom is 0.230 e. The third kappa shape index (κ3) is 1.98. The van der Waals surface area contributed by atoms with Crippen molar-refractivity contribution in [3.63, 3.8) is 0 Å². The molecular weight excluding hydrogens is 206 g/mol. The first-order chi connectivity index (χ1) is 7.58. The molecular formula is C11H15N3O2. The van der Waals surface area contributed by atoms with Crippen LogP contribution in [0.25, 0.3) is 0 Å². The molecule has 0 N–H and O–H groups in total. The summed E-state index contributed by atoms with van der Waals surface area (Å²) in [4.78, 5) is 24.1. The third-order valence-electron chi connectivity index (χ3n) is 2.67. The van der Waals surface area contributed by atoms with E-state index in [0.717, 1.165) is 5.69 Å². The minimum Gasteiger partial charge on any atom is -0.276 e. The lowest BCUT2D eigenvalue weighted by molar-refractivity contribution is -0.139. The first-order valence-corrected chi connectivity index (χ1v) is 5.45. The maximum atomic E-state index is 11.4. The smallest absolute Gasteiger partial charge is 0.230 e. The highest BCUT2D eigenvalue weighted by Gasteiger charge is 2.29. The van der Waals surface area contributed by atoms with E-state index in [4.69, 9.17) is 0 Å². The molecule has 1 fully saturated rings. The predicted octanol–water partition coefficient (Wildman–Crippen LogP) is 1.11. The van der Waals surface area contributed by atoms with Gasteiger partial charge >= 0.3 is 0 Å². The van der Waals surface area contributed by atoms with E-state index in [-0.39, 0.29) is 11.8 Å². The van der Waals surface area contributed by atoms with Crippen LogP contribution in [-0.4, -0.2) is 26.5 Å². The summed E-state index contributed by atoms with van der Waals surface area (Å²) in [6, 6.07) is 2.14. The van der Waals surface area contributed by atoms with E-state index in [2.05, 4.69) is 5.10 Å². The monoisotopic (exact) mass is 221 g/mol. The van der Waals surface area contributed by atoms with Crippen LogP contribution in [0.15, 0.2) is 12.3 Å². The first kappa shape index (κ1) is 10.9. The van der Waals surface area contributed by atoms with Gasteiger partial charge in [0.25, 0.3) is 0 Å². The van der Waals surface area contributed by atoms with E-state index in [1.54, 1.807) is 0 Å². The Morgan fingerprint density at radius 1 is 1.31 bits per heavy atom. The van der Waals surface area contributed by atoms with Gasteiger partial charge in [0.1, 0.15) is 0 Å². The summed E-state index contributed by atoms with van der Waals surface area (Å²) in [5.74, 6) is -0.187. The van der Waals surface area contributed by atoms with Crippen molar-refractivity contribution in [2.45, 2.75) is 39.3 Å². The molecule has 5 heteroatoms. The van der Waals surface area contributed by atoms with Crippen molar-refractivity contribution in [1.82, 2.24) is 14.7 Å². The van der Waals surface area contributed by atoms with Crippen LogP contribution < -0.4 is 0 Å². The van der Waals surface area contributed by atoms with Crippen LogP contribution in [0.1, 0.15) is 38.4 Å². The second-order valence-electron chi connectivity index (χ2n) is 4.25. The fourth-order valence-electron chi connectivity index (χ4n) is 1.71.